The molecule has 14 heteroatoms. The third kappa shape index (κ3) is 6.91. The van der Waals surface area contributed by atoms with Gasteiger partial charge in [-0.1, -0.05) is 53.2 Å². The minimum atomic E-state index is -1.63. The van der Waals surface area contributed by atoms with Gasteiger partial charge in [-0.25, -0.2) is 0 Å². The first-order chi connectivity index (χ1) is 27.1. The smallest absolute Gasteiger partial charge is 0.315 e. The quantitative estimate of drug-likeness (QED) is 0.0897. The largest absolute Gasteiger partial charge is 0.428 e. The summed E-state index contributed by atoms with van der Waals surface area (Å²) < 4.78 is 35.1. The van der Waals surface area contributed by atoms with Gasteiger partial charge in [0.25, 0.3) is 0 Å². The number of fused-ring (bicyclic) bond motifs is 7. The predicted octanol–water partition coefficient (Wildman–Crippen LogP) is 3.50. The standard InChI is InChI=1S/C44H70O14/c1-23-31(48)33(50)34(51)36(56-23)58-35-32(49)27(47)20-53-37(35)57-30-12-13-40(5)28(41(30,6)21-45)11-14-43(8)29(40)10-9-25-26-19-39(3,4)15-17-44(26,18-16-42(25,43)7)38(52)55-22-54-24(2)46/h9,23,26-37,45,47-51H,10-22H2,1-8H3/t23-,26-,27-,28+,29+,30-,31-,32-,33+,34+,35+,36-,37-,40-,41-,42+,43+,44-/m0/s1. The van der Waals surface area contributed by atoms with Gasteiger partial charge in [-0.05, 0) is 111 Å². The molecule has 0 spiro atoms. The van der Waals surface area contributed by atoms with Crippen molar-refractivity contribution in [3.8, 4) is 0 Å². The Kier molecular flexibility index (Phi) is 11.9. The van der Waals surface area contributed by atoms with Crippen LogP contribution in [0.1, 0.15) is 120 Å². The van der Waals surface area contributed by atoms with Crippen molar-refractivity contribution < 1.29 is 68.6 Å². The normalized spacial score (nSPS) is 51.2. The molecule has 7 aliphatic rings. The summed E-state index contributed by atoms with van der Waals surface area (Å²) in [5.74, 6) is -0.380. The van der Waals surface area contributed by atoms with Crippen molar-refractivity contribution in [1.29, 1.82) is 0 Å². The van der Waals surface area contributed by atoms with Crippen LogP contribution >= 0.6 is 0 Å². The number of aliphatic hydroxyl groups is 6. The first kappa shape index (κ1) is 44.3. The second-order valence-electron chi connectivity index (χ2n) is 20.9. The molecule has 4 saturated carbocycles. The number of aliphatic hydroxyl groups excluding tert-OH is 6. The Morgan fingerprint density at radius 3 is 2.21 bits per heavy atom. The number of rotatable bonds is 8. The van der Waals surface area contributed by atoms with Gasteiger partial charge in [0.15, 0.2) is 12.6 Å². The molecule has 0 amide bonds. The molecule has 0 aromatic rings. The maximum absolute atomic E-state index is 14.1. The van der Waals surface area contributed by atoms with E-state index < -0.39 is 78.2 Å². The van der Waals surface area contributed by atoms with E-state index in [1.54, 1.807) is 0 Å². The van der Waals surface area contributed by atoms with E-state index in [0.29, 0.717) is 12.8 Å². The topological polar surface area (TPSA) is 211 Å². The molecule has 0 aromatic heterocycles. The van der Waals surface area contributed by atoms with Gasteiger partial charge in [0.05, 0.1) is 30.8 Å². The van der Waals surface area contributed by atoms with Gasteiger partial charge in [-0.15, -0.1) is 0 Å². The summed E-state index contributed by atoms with van der Waals surface area (Å²) >= 11 is 0. The average Bonchev–Trinajstić information content (AvgIpc) is 3.16. The molecule has 58 heavy (non-hydrogen) atoms. The molecule has 0 bridgehead atoms. The van der Waals surface area contributed by atoms with Crippen LogP contribution in [0.5, 0.6) is 0 Å². The average molecular weight is 823 g/mol. The van der Waals surface area contributed by atoms with Gasteiger partial charge in [-0.3, -0.25) is 9.59 Å². The summed E-state index contributed by atoms with van der Waals surface area (Å²) in [5.41, 5.74) is -0.391. The van der Waals surface area contributed by atoms with Crippen LogP contribution in [0.4, 0.5) is 0 Å². The van der Waals surface area contributed by atoms with Crippen LogP contribution in [0, 0.1) is 50.2 Å². The van der Waals surface area contributed by atoms with Crippen LogP contribution in [0.25, 0.3) is 0 Å². The van der Waals surface area contributed by atoms with E-state index in [0.717, 1.165) is 51.4 Å². The highest BCUT2D eigenvalue weighted by atomic mass is 16.8. The molecular formula is C44H70O14. The Morgan fingerprint density at radius 1 is 0.810 bits per heavy atom. The second-order valence-corrected chi connectivity index (χ2v) is 20.9. The van der Waals surface area contributed by atoms with Crippen LogP contribution in [0.2, 0.25) is 0 Å². The molecule has 2 saturated heterocycles. The highest BCUT2D eigenvalue weighted by Gasteiger charge is 2.70. The summed E-state index contributed by atoms with van der Waals surface area (Å²) in [6.07, 6.45) is -2.07. The maximum Gasteiger partial charge on any atom is 0.315 e. The molecule has 18 atom stereocenters. The minimum absolute atomic E-state index is 0.0196. The van der Waals surface area contributed by atoms with Crippen LogP contribution in [0.3, 0.4) is 0 Å². The van der Waals surface area contributed by atoms with Gasteiger partial charge in [0.2, 0.25) is 6.79 Å². The van der Waals surface area contributed by atoms with Gasteiger partial charge < -0.3 is 59.1 Å². The van der Waals surface area contributed by atoms with Crippen molar-refractivity contribution in [1.82, 2.24) is 0 Å². The lowest BCUT2D eigenvalue weighted by molar-refractivity contribution is -0.365. The van der Waals surface area contributed by atoms with Gasteiger partial charge >= 0.3 is 11.9 Å². The summed E-state index contributed by atoms with van der Waals surface area (Å²) in [5, 5.41) is 64.4. The zero-order valence-electron chi connectivity index (χ0n) is 35.7. The van der Waals surface area contributed by atoms with Gasteiger partial charge in [0, 0.05) is 12.3 Å². The number of esters is 2. The fourth-order valence-corrected chi connectivity index (χ4v) is 13.6. The minimum Gasteiger partial charge on any atom is -0.428 e. The Labute approximate surface area is 342 Å². The molecule has 2 heterocycles. The number of hydrogen-bond acceptors (Lipinski definition) is 14. The maximum atomic E-state index is 14.1. The van der Waals surface area contributed by atoms with Gasteiger partial charge in [-0.2, -0.15) is 0 Å². The van der Waals surface area contributed by atoms with Crippen molar-refractivity contribution in [3.05, 3.63) is 11.6 Å². The Morgan fingerprint density at radius 2 is 1.52 bits per heavy atom. The summed E-state index contributed by atoms with van der Waals surface area (Å²) in [4.78, 5) is 25.6. The summed E-state index contributed by atoms with van der Waals surface area (Å²) in [6.45, 7) is 16.0. The van der Waals surface area contributed by atoms with Crippen molar-refractivity contribution in [3.63, 3.8) is 0 Å². The van der Waals surface area contributed by atoms with E-state index in [4.69, 9.17) is 28.4 Å². The van der Waals surface area contributed by atoms with E-state index in [2.05, 4.69) is 47.6 Å². The molecular weight excluding hydrogens is 752 g/mol. The Hall–Kier alpha value is -1.72. The highest BCUT2D eigenvalue weighted by Crippen LogP contribution is 2.76. The first-order valence-corrected chi connectivity index (χ1v) is 21.7. The number of ether oxygens (including phenoxy) is 6. The van der Waals surface area contributed by atoms with Crippen LogP contribution < -0.4 is 0 Å². The molecule has 2 aliphatic heterocycles. The molecule has 0 aromatic carbocycles. The number of carbonyl (C=O) groups is 2. The predicted molar refractivity (Wildman–Crippen MR) is 207 cm³/mol. The van der Waals surface area contributed by atoms with Crippen molar-refractivity contribution in [2.24, 2.45) is 50.2 Å². The molecule has 6 N–H and O–H groups in total. The second kappa shape index (κ2) is 15.6. The molecule has 0 radical (unpaired) electrons. The highest BCUT2D eigenvalue weighted by molar-refractivity contribution is 5.79. The van der Waals surface area contributed by atoms with E-state index >= 15 is 0 Å². The number of allylic oxidation sites excluding steroid dienone is 2. The van der Waals surface area contributed by atoms with Crippen LogP contribution in [0.15, 0.2) is 11.6 Å². The Bertz CT molecular complexity index is 1590. The zero-order chi connectivity index (χ0) is 42.4. The zero-order valence-corrected chi connectivity index (χ0v) is 35.7. The lowest BCUT2D eigenvalue weighted by atomic mass is 9.33. The molecule has 5 aliphatic carbocycles. The monoisotopic (exact) mass is 822 g/mol. The van der Waals surface area contributed by atoms with Crippen LogP contribution in [-0.2, 0) is 38.0 Å². The van der Waals surface area contributed by atoms with Gasteiger partial charge in [0.1, 0.15) is 36.6 Å². The summed E-state index contributed by atoms with van der Waals surface area (Å²) in [7, 11) is 0. The van der Waals surface area contributed by atoms with Crippen molar-refractivity contribution in [2.45, 2.75) is 181 Å². The fourth-order valence-electron chi connectivity index (χ4n) is 13.6. The third-order valence-corrected chi connectivity index (χ3v) is 17.4. The fraction of sp³-hybridized carbons (Fsp3) is 0.909. The summed E-state index contributed by atoms with van der Waals surface area (Å²) in [6, 6.07) is 0. The number of carbonyl (C=O) groups excluding carboxylic acids is 2. The molecule has 6 fully saturated rings. The van der Waals surface area contributed by atoms with E-state index in [9.17, 15) is 40.2 Å². The third-order valence-electron chi connectivity index (χ3n) is 17.4. The van der Waals surface area contributed by atoms with E-state index in [-0.39, 0.29) is 65.4 Å². The molecule has 0 unspecified atom stereocenters. The van der Waals surface area contributed by atoms with Crippen molar-refractivity contribution >= 4 is 11.9 Å². The number of hydrogen-bond donors (Lipinski definition) is 6. The SMILES string of the molecule is CC(=O)OCOC(=O)[C@]12CCC(C)(C)C[C@H]1C1=CC[C@@H]3[C@@]4(C)CC[C@H](O[C@@H]5OC[C@H](O)[C@H](O)[C@H]5O[C@@H]5O[C@@H](C)[C@H](O)[C@@H](O)[C@H]5O)[C@@](C)(CO)[C@@H]4CC[C@@]3(C)[C@]1(C)CC2. The molecule has 14 nitrogen and oxygen atoms in total. The lowest BCUT2D eigenvalue weighted by Gasteiger charge is -2.71. The molecule has 7 rings (SSSR count). The van der Waals surface area contributed by atoms with E-state index in [1.165, 1.54) is 19.4 Å². The van der Waals surface area contributed by atoms with Crippen molar-refractivity contribution in [2.75, 3.05) is 20.0 Å². The first-order valence-electron chi connectivity index (χ1n) is 21.7. The molecule has 330 valence electrons. The van der Waals surface area contributed by atoms with Crippen LogP contribution in [-0.4, -0.2) is 124 Å². The van der Waals surface area contributed by atoms with E-state index in [1.807, 2.05) is 0 Å². The Balaban J connectivity index is 1.14. The lowest BCUT2D eigenvalue weighted by Crippen LogP contribution is -2.67.